The topological polar surface area (TPSA) is 63.2 Å². The molecule has 8 heteroatoms. The molecule has 1 aromatic heterocycles. The third kappa shape index (κ3) is 4.98. The number of amides is 1. The number of nitrogens with zero attached hydrogens (tertiary/aromatic N) is 1. The zero-order valence-electron chi connectivity index (χ0n) is 15.0. The maximum Gasteiger partial charge on any atom is 0.257 e. The first kappa shape index (κ1) is 20.1. The van der Waals surface area contributed by atoms with Crippen LogP contribution in [-0.2, 0) is 0 Å². The molecular formula is C20H19ClF2N3O2-. The van der Waals surface area contributed by atoms with Gasteiger partial charge in [0, 0.05) is 12.1 Å². The Bertz CT molecular complexity index is 871. The Kier molecular flexibility index (Phi) is 6.46. The molecule has 0 aliphatic heterocycles. The Morgan fingerprint density at radius 3 is 2.61 bits per heavy atom. The second-order valence-electron chi connectivity index (χ2n) is 6.53. The number of carbonyl (C=O) groups is 1. The van der Waals surface area contributed by atoms with E-state index in [2.05, 4.69) is 28.4 Å². The highest BCUT2D eigenvalue weighted by atomic mass is 35.5. The van der Waals surface area contributed by atoms with E-state index in [1.54, 1.807) is 0 Å². The van der Waals surface area contributed by atoms with Crippen LogP contribution in [0.4, 0.5) is 8.78 Å². The molecule has 1 fully saturated rings. The van der Waals surface area contributed by atoms with Crippen molar-refractivity contribution in [1.29, 1.82) is 0 Å². The van der Waals surface area contributed by atoms with Crippen LogP contribution in [0.3, 0.4) is 0 Å². The van der Waals surface area contributed by atoms with Crippen LogP contribution in [0.25, 0.3) is 0 Å². The van der Waals surface area contributed by atoms with Crippen molar-refractivity contribution in [2.45, 2.75) is 37.8 Å². The van der Waals surface area contributed by atoms with Crippen molar-refractivity contribution in [3.05, 3.63) is 65.5 Å². The van der Waals surface area contributed by atoms with Crippen molar-refractivity contribution in [2.75, 3.05) is 0 Å². The van der Waals surface area contributed by atoms with Gasteiger partial charge in [-0.1, -0.05) is 11.6 Å². The minimum absolute atomic E-state index is 0.0354. The summed E-state index contributed by atoms with van der Waals surface area (Å²) < 4.78 is 32.5. The first-order chi connectivity index (χ1) is 13.5. The van der Waals surface area contributed by atoms with Crippen LogP contribution in [-0.4, -0.2) is 23.0 Å². The summed E-state index contributed by atoms with van der Waals surface area (Å²) in [4.78, 5) is 16.5. The van der Waals surface area contributed by atoms with Crippen molar-refractivity contribution in [3.8, 4) is 11.6 Å². The first-order valence-corrected chi connectivity index (χ1v) is 9.21. The molecule has 1 saturated carbocycles. The Morgan fingerprint density at radius 1 is 1.21 bits per heavy atom. The molecule has 0 atom stereocenters. The maximum absolute atomic E-state index is 13.7. The van der Waals surface area contributed by atoms with Crippen LogP contribution >= 0.6 is 11.6 Å². The third-order valence-corrected chi connectivity index (χ3v) is 4.83. The summed E-state index contributed by atoms with van der Waals surface area (Å²) in [5, 5.41) is 5.82. The molecule has 2 N–H and O–H groups in total. The van der Waals surface area contributed by atoms with Crippen LogP contribution in [0.15, 0.2) is 37.0 Å². The average molecular weight is 407 g/mol. The van der Waals surface area contributed by atoms with Gasteiger partial charge in [0.15, 0.2) is 0 Å². The largest absolute Gasteiger partial charge is 0.565 e. The summed E-state index contributed by atoms with van der Waals surface area (Å²) in [6, 6.07) is 5.06. The minimum atomic E-state index is -0.663. The van der Waals surface area contributed by atoms with Crippen molar-refractivity contribution < 1.29 is 18.3 Å². The van der Waals surface area contributed by atoms with Gasteiger partial charge in [-0.3, -0.25) is 11.4 Å². The normalized spacial score (nSPS) is 19.0. The lowest BCUT2D eigenvalue weighted by Crippen LogP contribution is -2.41. The van der Waals surface area contributed by atoms with E-state index in [4.69, 9.17) is 16.3 Å². The summed E-state index contributed by atoms with van der Waals surface area (Å²) in [5.41, 5.74) is -0.0416. The molecule has 0 radical (unpaired) electrons. The molecule has 0 bridgehead atoms. The van der Waals surface area contributed by atoms with Gasteiger partial charge in [0.2, 0.25) is 5.88 Å². The van der Waals surface area contributed by atoms with E-state index >= 15 is 0 Å². The lowest BCUT2D eigenvalue weighted by molar-refractivity contribution is 0.0921. The fourth-order valence-electron chi connectivity index (χ4n) is 3.11. The highest BCUT2D eigenvalue weighted by Crippen LogP contribution is 2.28. The van der Waals surface area contributed by atoms with Crippen LogP contribution in [0.1, 0.15) is 36.0 Å². The number of carbonyl (C=O) groups excluding carboxylic acids is 1. The quantitative estimate of drug-likeness (QED) is 0.552. The van der Waals surface area contributed by atoms with Crippen LogP contribution in [0.5, 0.6) is 11.6 Å². The lowest BCUT2D eigenvalue weighted by atomic mass is 9.91. The van der Waals surface area contributed by atoms with Gasteiger partial charge < -0.3 is 21.6 Å². The molecule has 1 aliphatic rings. The number of pyridine rings is 1. The molecule has 2 aromatic rings. The number of benzene rings is 1. The van der Waals surface area contributed by atoms with Crippen LogP contribution < -0.4 is 15.4 Å². The standard InChI is InChI=1S/C20H19ClF2N3O2/c1-2-24-13-3-5-14(6-4-13)26-19(27)16-9-12(22)11-25-20(16)28-15-7-8-18(23)17(21)10-15/h7-11,13-14,24H,1,3-6H2,(H,26,27)/q-1. The summed E-state index contributed by atoms with van der Waals surface area (Å²) in [6.45, 7) is 3.53. The van der Waals surface area contributed by atoms with Crippen LogP contribution in [0, 0.1) is 17.8 Å². The highest BCUT2D eigenvalue weighted by Gasteiger charge is 2.23. The zero-order valence-corrected chi connectivity index (χ0v) is 15.7. The van der Waals surface area contributed by atoms with Gasteiger partial charge in [0.1, 0.15) is 22.9 Å². The molecule has 148 valence electrons. The van der Waals surface area contributed by atoms with E-state index in [0.29, 0.717) is 6.04 Å². The summed E-state index contributed by atoms with van der Waals surface area (Å²) in [7, 11) is 0. The molecule has 1 aliphatic carbocycles. The van der Waals surface area contributed by atoms with Gasteiger partial charge in [-0.05, 0) is 49.9 Å². The Balaban J connectivity index is 1.72. The summed E-state index contributed by atoms with van der Waals surface area (Å²) in [6.07, 6.45) is 6.91. The number of rotatable bonds is 6. The molecule has 0 unspecified atom stereocenters. The van der Waals surface area contributed by atoms with E-state index in [-0.39, 0.29) is 28.3 Å². The van der Waals surface area contributed by atoms with Gasteiger partial charge in [-0.15, -0.1) is 0 Å². The molecule has 28 heavy (non-hydrogen) atoms. The Labute approximate surface area is 166 Å². The molecule has 3 rings (SSSR count). The Hall–Kier alpha value is -2.67. The zero-order chi connectivity index (χ0) is 20.1. The minimum Gasteiger partial charge on any atom is -0.565 e. The van der Waals surface area contributed by atoms with Crippen molar-refractivity contribution >= 4 is 17.5 Å². The van der Waals surface area contributed by atoms with E-state index in [0.717, 1.165) is 44.0 Å². The second-order valence-corrected chi connectivity index (χ2v) is 6.93. The maximum atomic E-state index is 13.7. The van der Waals surface area contributed by atoms with Crippen molar-refractivity contribution in [1.82, 2.24) is 15.6 Å². The van der Waals surface area contributed by atoms with E-state index in [9.17, 15) is 13.6 Å². The van der Waals surface area contributed by atoms with Gasteiger partial charge >= 0.3 is 0 Å². The van der Waals surface area contributed by atoms with Gasteiger partial charge in [-0.2, -0.15) is 0 Å². The summed E-state index contributed by atoms with van der Waals surface area (Å²) in [5.74, 6) is -1.64. The van der Waals surface area contributed by atoms with E-state index < -0.39 is 17.5 Å². The predicted octanol–water partition coefficient (Wildman–Crippen LogP) is 4.38. The van der Waals surface area contributed by atoms with Gasteiger partial charge in [-0.25, -0.2) is 13.8 Å². The molecule has 5 nitrogen and oxygen atoms in total. The lowest BCUT2D eigenvalue weighted by Gasteiger charge is -2.33. The predicted molar refractivity (Wildman–Crippen MR) is 101 cm³/mol. The molecular weight excluding hydrogens is 388 g/mol. The first-order valence-electron chi connectivity index (χ1n) is 8.83. The molecule has 1 aromatic carbocycles. The fourth-order valence-corrected chi connectivity index (χ4v) is 3.28. The highest BCUT2D eigenvalue weighted by molar-refractivity contribution is 6.30. The Morgan fingerprint density at radius 2 is 1.93 bits per heavy atom. The molecule has 1 heterocycles. The third-order valence-electron chi connectivity index (χ3n) is 4.54. The van der Waals surface area contributed by atoms with Crippen LogP contribution in [0.2, 0.25) is 5.02 Å². The van der Waals surface area contributed by atoms with Gasteiger partial charge in [0.25, 0.3) is 5.91 Å². The SMILES string of the molecule is C=[C-]NC1CCC(NC(=O)c2cc(F)cnc2Oc2ccc(F)c(Cl)c2)CC1. The van der Waals surface area contributed by atoms with E-state index in [1.165, 1.54) is 12.1 Å². The molecule has 0 spiro atoms. The monoisotopic (exact) mass is 406 g/mol. The number of halogens is 3. The van der Waals surface area contributed by atoms with Crippen molar-refractivity contribution in [3.63, 3.8) is 0 Å². The van der Waals surface area contributed by atoms with E-state index in [1.807, 2.05) is 0 Å². The summed E-state index contributed by atoms with van der Waals surface area (Å²) >= 11 is 5.74. The number of aromatic nitrogens is 1. The number of hydrogen-bond acceptors (Lipinski definition) is 4. The number of nitrogens with one attached hydrogen (secondary N) is 2. The average Bonchev–Trinajstić information content (AvgIpc) is 2.68. The number of hydrogen-bond donors (Lipinski definition) is 2. The molecule has 0 saturated heterocycles. The smallest absolute Gasteiger partial charge is 0.257 e. The van der Waals surface area contributed by atoms with Crippen molar-refractivity contribution in [2.24, 2.45) is 0 Å². The second kappa shape index (κ2) is 9.01. The fraction of sp³-hybridized carbons (Fsp3) is 0.300. The van der Waals surface area contributed by atoms with Gasteiger partial charge in [0.05, 0.1) is 11.2 Å². The molecule has 1 amide bonds. The number of ether oxygens (including phenoxy) is 1.